The van der Waals surface area contributed by atoms with E-state index in [9.17, 15) is 9.18 Å². The Balaban J connectivity index is 2.10. The van der Waals surface area contributed by atoms with E-state index in [1.54, 1.807) is 12.4 Å². The zero-order valence-electron chi connectivity index (χ0n) is 10.0. The predicted octanol–water partition coefficient (Wildman–Crippen LogP) is 1.87. The molecule has 0 fully saturated rings. The minimum atomic E-state index is -0.285. The number of nitrogens with zero attached hydrogens (tertiary/aromatic N) is 2. The molecule has 0 aliphatic heterocycles. The van der Waals surface area contributed by atoms with Crippen LogP contribution in [0.2, 0.25) is 0 Å². The van der Waals surface area contributed by atoms with E-state index in [-0.39, 0.29) is 11.9 Å². The highest BCUT2D eigenvalue weighted by molar-refractivity contribution is 5.75. The van der Waals surface area contributed by atoms with Crippen LogP contribution in [0.1, 0.15) is 6.92 Å². The second kappa shape index (κ2) is 5.44. The lowest BCUT2D eigenvalue weighted by Gasteiger charge is -2.03. The average Bonchev–Trinajstić information content (AvgIpc) is 2.72. The van der Waals surface area contributed by atoms with E-state index in [0.717, 1.165) is 5.52 Å². The first-order valence-electron chi connectivity index (χ1n) is 5.67. The number of rotatable bonds is 5. The summed E-state index contributed by atoms with van der Waals surface area (Å²) >= 11 is 0. The van der Waals surface area contributed by atoms with E-state index in [1.165, 1.54) is 12.1 Å². The van der Waals surface area contributed by atoms with Gasteiger partial charge in [-0.05, 0) is 19.1 Å². The Bertz CT molecular complexity index is 577. The van der Waals surface area contributed by atoms with Gasteiger partial charge in [-0.1, -0.05) is 12.2 Å². The van der Waals surface area contributed by atoms with Gasteiger partial charge in [-0.2, -0.15) is 0 Å². The second-order valence-corrected chi connectivity index (χ2v) is 4.03. The number of fused-ring (bicyclic) bond motifs is 1. The molecule has 5 heteroatoms. The molecule has 1 heterocycles. The summed E-state index contributed by atoms with van der Waals surface area (Å²) in [6, 6.07) is 4.53. The van der Waals surface area contributed by atoms with Crippen molar-refractivity contribution in [2.45, 2.75) is 19.5 Å². The molecule has 2 rings (SSSR count). The van der Waals surface area contributed by atoms with E-state index in [2.05, 4.69) is 10.3 Å². The molecule has 0 radical (unpaired) electrons. The van der Waals surface area contributed by atoms with Gasteiger partial charge in [0.1, 0.15) is 5.82 Å². The maximum absolute atomic E-state index is 13.0. The molecule has 4 nitrogen and oxygen atoms in total. The lowest BCUT2D eigenvalue weighted by molar-refractivity contribution is -0.109. The van der Waals surface area contributed by atoms with Crippen LogP contribution in [-0.4, -0.2) is 22.0 Å². The fourth-order valence-electron chi connectivity index (χ4n) is 1.72. The van der Waals surface area contributed by atoms with Gasteiger partial charge in [-0.3, -0.25) is 4.79 Å². The Morgan fingerprint density at radius 3 is 3.17 bits per heavy atom. The molecule has 1 unspecified atom stereocenters. The first-order chi connectivity index (χ1) is 8.70. The topological polar surface area (TPSA) is 46.9 Å². The molecule has 0 saturated heterocycles. The van der Waals surface area contributed by atoms with Crippen molar-refractivity contribution < 1.29 is 9.18 Å². The first kappa shape index (κ1) is 12.3. The van der Waals surface area contributed by atoms with Gasteiger partial charge in [-0.25, -0.2) is 9.37 Å². The molecule has 1 atom stereocenters. The molecule has 0 aliphatic rings. The van der Waals surface area contributed by atoms with E-state index >= 15 is 0 Å². The van der Waals surface area contributed by atoms with Gasteiger partial charge in [0.25, 0.3) is 0 Å². The zero-order chi connectivity index (χ0) is 13.0. The Kier molecular flexibility index (Phi) is 3.72. The average molecular weight is 247 g/mol. The lowest BCUT2D eigenvalue weighted by Crippen LogP contribution is -2.21. The number of carbonyl (C=O) groups is 1. The molecule has 0 saturated carbocycles. The van der Waals surface area contributed by atoms with Crippen molar-refractivity contribution in [1.29, 1.82) is 0 Å². The first-order valence-corrected chi connectivity index (χ1v) is 5.67. The number of nitrogens with one attached hydrogen (secondary N) is 1. The van der Waals surface area contributed by atoms with Gasteiger partial charge in [0, 0.05) is 18.7 Å². The monoisotopic (exact) mass is 247 g/mol. The number of allylic oxidation sites excluding steroid dienone is 1. The SMILES string of the molecule is CC(/C=C\Cn1cnc2cc(F)ccc21)NC=O. The maximum Gasteiger partial charge on any atom is 0.207 e. The van der Waals surface area contributed by atoms with Crippen LogP contribution in [0, 0.1) is 5.82 Å². The molecule has 1 aromatic carbocycles. The van der Waals surface area contributed by atoms with E-state index in [0.29, 0.717) is 18.5 Å². The fourth-order valence-corrected chi connectivity index (χ4v) is 1.72. The van der Waals surface area contributed by atoms with Gasteiger partial charge in [0.05, 0.1) is 17.4 Å². The number of hydrogen-bond acceptors (Lipinski definition) is 2. The van der Waals surface area contributed by atoms with Crippen molar-refractivity contribution in [3.8, 4) is 0 Å². The van der Waals surface area contributed by atoms with Crippen molar-refractivity contribution in [2.24, 2.45) is 0 Å². The van der Waals surface area contributed by atoms with Crippen LogP contribution in [0.25, 0.3) is 11.0 Å². The van der Waals surface area contributed by atoms with Crippen molar-refractivity contribution >= 4 is 17.4 Å². The summed E-state index contributed by atoms with van der Waals surface area (Å²) in [5.41, 5.74) is 1.53. The van der Waals surface area contributed by atoms with E-state index in [4.69, 9.17) is 0 Å². The minimum Gasteiger partial charge on any atom is -0.353 e. The van der Waals surface area contributed by atoms with Crippen LogP contribution in [-0.2, 0) is 11.3 Å². The molecule has 94 valence electrons. The molecule has 0 bridgehead atoms. The Hall–Kier alpha value is -2.17. The molecule has 1 N–H and O–H groups in total. The Labute approximate surface area is 104 Å². The summed E-state index contributed by atoms with van der Waals surface area (Å²) in [7, 11) is 0. The number of carbonyl (C=O) groups excluding carboxylic acids is 1. The summed E-state index contributed by atoms with van der Waals surface area (Å²) in [5.74, 6) is -0.285. The Morgan fingerprint density at radius 2 is 2.39 bits per heavy atom. The molecule has 0 aliphatic carbocycles. The number of hydrogen-bond donors (Lipinski definition) is 1. The number of benzene rings is 1. The number of halogens is 1. The van der Waals surface area contributed by atoms with Crippen LogP contribution < -0.4 is 5.32 Å². The van der Waals surface area contributed by atoms with Crippen molar-refractivity contribution in [3.63, 3.8) is 0 Å². The zero-order valence-corrected chi connectivity index (χ0v) is 10.0. The number of amides is 1. The summed E-state index contributed by atoms with van der Waals surface area (Å²) in [6.45, 7) is 2.51. The molecule has 1 aromatic heterocycles. The summed E-state index contributed by atoms with van der Waals surface area (Å²) in [6.07, 6.45) is 6.17. The normalized spacial score (nSPS) is 13.0. The quantitative estimate of drug-likeness (QED) is 0.647. The summed E-state index contributed by atoms with van der Waals surface area (Å²) in [5, 5.41) is 2.63. The van der Waals surface area contributed by atoms with Gasteiger partial charge < -0.3 is 9.88 Å². The molecule has 0 spiro atoms. The third-order valence-corrected chi connectivity index (χ3v) is 2.64. The largest absolute Gasteiger partial charge is 0.353 e. The molecule has 2 aromatic rings. The van der Waals surface area contributed by atoms with Crippen molar-refractivity contribution in [3.05, 3.63) is 42.5 Å². The van der Waals surface area contributed by atoms with Gasteiger partial charge in [0.2, 0.25) is 6.41 Å². The van der Waals surface area contributed by atoms with Crippen LogP contribution in [0.5, 0.6) is 0 Å². The smallest absolute Gasteiger partial charge is 0.207 e. The van der Waals surface area contributed by atoms with Crippen molar-refractivity contribution in [1.82, 2.24) is 14.9 Å². The van der Waals surface area contributed by atoms with Gasteiger partial charge >= 0.3 is 0 Å². The highest BCUT2D eigenvalue weighted by atomic mass is 19.1. The highest BCUT2D eigenvalue weighted by Gasteiger charge is 2.02. The van der Waals surface area contributed by atoms with Crippen LogP contribution in [0.3, 0.4) is 0 Å². The molecule has 18 heavy (non-hydrogen) atoms. The molecular weight excluding hydrogens is 233 g/mol. The van der Waals surface area contributed by atoms with E-state index in [1.807, 2.05) is 23.6 Å². The van der Waals surface area contributed by atoms with Crippen LogP contribution >= 0.6 is 0 Å². The van der Waals surface area contributed by atoms with Crippen LogP contribution in [0.15, 0.2) is 36.7 Å². The third kappa shape index (κ3) is 2.74. The molecule has 1 amide bonds. The number of aromatic nitrogens is 2. The van der Waals surface area contributed by atoms with Crippen LogP contribution in [0.4, 0.5) is 4.39 Å². The standard InChI is InChI=1S/C13H14FN3O/c1-10(16-9-18)3-2-6-17-8-15-12-7-11(14)4-5-13(12)17/h2-5,7-10H,6H2,1H3,(H,16,18)/b3-2-. The highest BCUT2D eigenvalue weighted by Crippen LogP contribution is 2.14. The Morgan fingerprint density at radius 1 is 1.56 bits per heavy atom. The summed E-state index contributed by atoms with van der Waals surface area (Å²) < 4.78 is 14.9. The molecular formula is C13H14FN3O. The summed E-state index contributed by atoms with van der Waals surface area (Å²) in [4.78, 5) is 14.3. The van der Waals surface area contributed by atoms with Gasteiger partial charge in [-0.15, -0.1) is 0 Å². The maximum atomic E-state index is 13.0. The van der Waals surface area contributed by atoms with Gasteiger partial charge in [0.15, 0.2) is 0 Å². The lowest BCUT2D eigenvalue weighted by atomic mass is 10.3. The third-order valence-electron chi connectivity index (χ3n) is 2.64. The second-order valence-electron chi connectivity index (χ2n) is 4.03. The van der Waals surface area contributed by atoms with E-state index < -0.39 is 0 Å². The number of imidazole rings is 1. The minimum absolute atomic E-state index is 0.00488. The van der Waals surface area contributed by atoms with Crippen molar-refractivity contribution in [2.75, 3.05) is 0 Å². The predicted molar refractivity (Wildman–Crippen MR) is 67.5 cm³/mol. The fraction of sp³-hybridized carbons (Fsp3) is 0.231.